The predicted molar refractivity (Wildman–Crippen MR) is 46.9 cm³/mol. The molecule has 0 amide bonds. The molecule has 0 fully saturated rings. The highest BCUT2D eigenvalue weighted by Crippen LogP contribution is 2.33. The van der Waals surface area contributed by atoms with Gasteiger partial charge < -0.3 is 5.11 Å². The molecule has 0 radical (unpaired) electrons. The Labute approximate surface area is 80.2 Å². The zero-order valence-electron chi connectivity index (χ0n) is 7.89. The number of halogens is 3. The van der Waals surface area contributed by atoms with E-state index in [2.05, 4.69) is 0 Å². The standard InChI is InChI=1S/C10H11F3O/c1-6-3-4-8(7(2)5-6)9(14)10(11,12)13/h3-5,9,14H,1-2H3/t9-/m0/s1. The lowest BCUT2D eigenvalue weighted by atomic mass is 10.0. The third-order valence-electron chi connectivity index (χ3n) is 2.03. The maximum absolute atomic E-state index is 12.2. The van der Waals surface area contributed by atoms with E-state index in [9.17, 15) is 13.2 Å². The topological polar surface area (TPSA) is 20.2 Å². The van der Waals surface area contributed by atoms with Crippen molar-refractivity contribution in [1.29, 1.82) is 0 Å². The lowest BCUT2D eigenvalue weighted by Crippen LogP contribution is -2.21. The maximum atomic E-state index is 12.2. The van der Waals surface area contributed by atoms with E-state index in [0.717, 1.165) is 5.56 Å². The summed E-state index contributed by atoms with van der Waals surface area (Å²) in [4.78, 5) is 0. The van der Waals surface area contributed by atoms with Crippen molar-refractivity contribution in [1.82, 2.24) is 0 Å². The van der Waals surface area contributed by atoms with E-state index in [4.69, 9.17) is 5.11 Å². The number of aliphatic hydroxyl groups is 1. The van der Waals surface area contributed by atoms with Crippen LogP contribution >= 0.6 is 0 Å². The SMILES string of the molecule is Cc1ccc([C@H](O)C(F)(F)F)c(C)c1. The van der Waals surface area contributed by atoms with Crippen molar-refractivity contribution in [3.05, 3.63) is 34.9 Å². The largest absolute Gasteiger partial charge is 0.418 e. The van der Waals surface area contributed by atoms with E-state index in [1.165, 1.54) is 6.07 Å². The third-order valence-corrected chi connectivity index (χ3v) is 2.03. The molecule has 0 saturated heterocycles. The van der Waals surface area contributed by atoms with Crippen molar-refractivity contribution < 1.29 is 18.3 Å². The zero-order valence-corrected chi connectivity index (χ0v) is 7.89. The van der Waals surface area contributed by atoms with Crippen molar-refractivity contribution in [2.24, 2.45) is 0 Å². The van der Waals surface area contributed by atoms with E-state index < -0.39 is 12.3 Å². The number of hydrogen-bond acceptors (Lipinski definition) is 1. The molecule has 0 aliphatic rings. The summed E-state index contributed by atoms with van der Waals surface area (Å²) in [7, 11) is 0. The second kappa shape index (κ2) is 3.61. The normalized spacial score (nSPS) is 14.1. The van der Waals surface area contributed by atoms with Gasteiger partial charge in [-0.25, -0.2) is 0 Å². The molecule has 78 valence electrons. The molecule has 0 saturated carbocycles. The Hall–Kier alpha value is -1.03. The molecule has 1 nitrogen and oxygen atoms in total. The van der Waals surface area contributed by atoms with Gasteiger partial charge in [-0.3, -0.25) is 0 Å². The molecule has 14 heavy (non-hydrogen) atoms. The molecule has 1 aromatic carbocycles. The second-order valence-corrected chi connectivity index (χ2v) is 3.30. The fraction of sp³-hybridized carbons (Fsp3) is 0.400. The summed E-state index contributed by atoms with van der Waals surface area (Å²) >= 11 is 0. The predicted octanol–water partition coefficient (Wildman–Crippen LogP) is 2.90. The van der Waals surface area contributed by atoms with Crippen molar-refractivity contribution in [3.8, 4) is 0 Å². The smallest absolute Gasteiger partial charge is 0.379 e. The first kappa shape index (κ1) is 11.0. The average molecular weight is 204 g/mol. The maximum Gasteiger partial charge on any atom is 0.418 e. The van der Waals surface area contributed by atoms with Crippen LogP contribution < -0.4 is 0 Å². The Balaban J connectivity index is 3.08. The number of alkyl halides is 3. The molecule has 0 heterocycles. The molecular formula is C10H11F3O. The number of rotatable bonds is 1. The average Bonchev–Trinajstić information content (AvgIpc) is 2.01. The minimum absolute atomic E-state index is 0.0805. The highest BCUT2D eigenvalue weighted by atomic mass is 19.4. The van der Waals surface area contributed by atoms with E-state index in [1.807, 2.05) is 0 Å². The van der Waals surface area contributed by atoms with Crippen molar-refractivity contribution in [2.45, 2.75) is 26.1 Å². The molecule has 0 aliphatic heterocycles. The van der Waals surface area contributed by atoms with Crippen LogP contribution in [0.2, 0.25) is 0 Å². The molecule has 0 aromatic heterocycles. The first-order valence-corrected chi connectivity index (χ1v) is 4.14. The van der Waals surface area contributed by atoms with E-state index in [0.29, 0.717) is 5.56 Å². The van der Waals surface area contributed by atoms with Gasteiger partial charge in [0, 0.05) is 0 Å². The summed E-state index contributed by atoms with van der Waals surface area (Å²) in [6.45, 7) is 3.34. The summed E-state index contributed by atoms with van der Waals surface area (Å²) in [6.07, 6.45) is -6.98. The van der Waals surface area contributed by atoms with Gasteiger partial charge in [0.1, 0.15) is 0 Å². The van der Waals surface area contributed by atoms with Crippen LogP contribution in [0.1, 0.15) is 22.8 Å². The minimum atomic E-state index is -4.60. The van der Waals surface area contributed by atoms with Crippen LogP contribution in [0.3, 0.4) is 0 Å². The van der Waals surface area contributed by atoms with E-state index in [-0.39, 0.29) is 5.56 Å². The Morgan fingerprint density at radius 2 is 1.79 bits per heavy atom. The van der Waals surface area contributed by atoms with Gasteiger partial charge in [0.05, 0.1) is 0 Å². The Morgan fingerprint density at radius 1 is 1.21 bits per heavy atom. The minimum Gasteiger partial charge on any atom is -0.379 e. The Bertz CT molecular complexity index is 331. The number of hydrogen-bond donors (Lipinski definition) is 1. The summed E-state index contributed by atoms with van der Waals surface area (Å²) in [5.41, 5.74) is 1.25. The van der Waals surface area contributed by atoms with Crippen LogP contribution in [0.4, 0.5) is 13.2 Å². The lowest BCUT2D eigenvalue weighted by molar-refractivity contribution is -0.206. The number of benzene rings is 1. The van der Waals surface area contributed by atoms with Gasteiger partial charge in [0.2, 0.25) is 0 Å². The van der Waals surface area contributed by atoms with Gasteiger partial charge in [-0.1, -0.05) is 23.8 Å². The summed E-state index contributed by atoms with van der Waals surface area (Å²) in [6, 6.07) is 4.48. The summed E-state index contributed by atoms with van der Waals surface area (Å²) in [5, 5.41) is 9.00. The summed E-state index contributed by atoms with van der Waals surface area (Å²) < 4.78 is 36.5. The number of aryl methyl sites for hydroxylation is 2. The van der Waals surface area contributed by atoms with Crippen LogP contribution in [0.15, 0.2) is 18.2 Å². The zero-order chi connectivity index (χ0) is 10.9. The van der Waals surface area contributed by atoms with Crippen molar-refractivity contribution in [2.75, 3.05) is 0 Å². The second-order valence-electron chi connectivity index (χ2n) is 3.30. The van der Waals surface area contributed by atoms with Gasteiger partial charge in [-0.15, -0.1) is 0 Å². The van der Waals surface area contributed by atoms with Crippen LogP contribution in [-0.4, -0.2) is 11.3 Å². The fourth-order valence-electron chi connectivity index (χ4n) is 1.31. The quantitative estimate of drug-likeness (QED) is 0.745. The van der Waals surface area contributed by atoms with Crippen LogP contribution in [-0.2, 0) is 0 Å². The van der Waals surface area contributed by atoms with Gasteiger partial charge in [0.15, 0.2) is 6.10 Å². The Morgan fingerprint density at radius 3 is 2.21 bits per heavy atom. The first-order valence-electron chi connectivity index (χ1n) is 4.14. The van der Waals surface area contributed by atoms with E-state index in [1.54, 1.807) is 26.0 Å². The molecule has 0 aliphatic carbocycles. The molecule has 1 rings (SSSR count). The van der Waals surface area contributed by atoms with Gasteiger partial charge in [-0.05, 0) is 25.0 Å². The highest BCUT2D eigenvalue weighted by molar-refractivity contribution is 5.32. The molecule has 0 unspecified atom stereocenters. The Kier molecular flexibility index (Phi) is 2.85. The molecule has 0 bridgehead atoms. The first-order chi connectivity index (χ1) is 6.32. The van der Waals surface area contributed by atoms with Gasteiger partial charge in [-0.2, -0.15) is 13.2 Å². The van der Waals surface area contributed by atoms with Crippen LogP contribution in [0.5, 0.6) is 0 Å². The van der Waals surface area contributed by atoms with Crippen molar-refractivity contribution >= 4 is 0 Å². The molecule has 4 heteroatoms. The molecule has 0 spiro atoms. The highest BCUT2D eigenvalue weighted by Gasteiger charge is 2.39. The fourth-order valence-corrected chi connectivity index (χ4v) is 1.31. The molecule has 1 aromatic rings. The van der Waals surface area contributed by atoms with Crippen LogP contribution in [0.25, 0.3) is 0 Å². The van der Waals surface area contributed by atoms with Crippen molar-refractivity contribution in [3.63, 3.8) is 0 Å². The monoisotopic (exact) mass is 204 g/mol. The van der Waals surface area contributed by atoms with E-state index >= 15 is 0 Å². The summed E-state index contributed by atoms with van der Waals surface area (Å²) in [5.74, 6) is 0. The lowest BCUT2D eigenvalue weighted by Gasteiger charge is -2.17. The number of aliphatic hydroxyl groups excluding tert-OH is 1. The molecule has 1 N–H and O–H groups in total. The van der Waals surface area contributed by atoms with Crippen LogP contribution in [0, 0.1) is 13.8 Å². The molecular weight excluding hydrogens is 193 g/mol. The van der Waals surface area contributed by atoms with Gasteiger partial charge in [0.25, 0.3) is 0 Å². The third kappa shape index (κ3) is 2.26. The molecule has 1 atom stereocenters. The van der Waals surface area contributed by atoms with Gasteiger partial charge >= 0.3 is 6.18 Å².